The number of benzene rings is 2. The van der Waals surface area contributed by atoms with Crippen LogP contribution in [0, 0.1) is 10.1 Å². The highest BCUT2D eigenvalue weighted by Gasteiger charge is 2.19. The molecule has 2 N–H and O–H groups in total. The van der Waals surface area contributed by atoms with Crippen molar-refractivity contribution in [1.29, 1.82) is 0 Å². The Morgan fingerprint density at radius 1 is 1.35 bits per heavy atom. The predicted molar refractivity (Wildman–Crippen MR) is 84.6 cm³/mol. The van der Waals surface area contributed by atoms with Gasteiger partial charge in [0.2, 0.25) is 0 Å². The first-order chi connectivity index (χ1) is 10.9. The van der Waals surface area contributed by atoms with E-state index < -0.39 is 10.9 Å². The third kappa shape index (κ3) is 3.70. The molecular weight excluding hydrogens is 324 g/mol. The number of para-hydroxylation sites is 1. The zero-order chi connectivity index (χ0) is 17.0. The van der Waals surface area contributed by atoms with Crippen molar-refractivity contribution in [2.45, 2.75) is 6.61 Å². The maximum absolute atomic E-state index is 12.2. The molecule has 0 aliphatic rings. The minimum absolute atomic E-state index is 0.0882. The molecule has 0 spiro atoms. The van der Waals surface area contributed by atoms with Crippen LogP contribution in [0.3, 0.4) is 0 Å². The van der Waals surface area contributed by atoms with Gasteiger partial charge in [0, 0.05) is 12.1 Å². The number of nitrogens with two attached hydrogens (primary N) is 1. The number of esters is 1. The molecule has 0 bridgehead atoms. The minimum atomic E-state index is -0.720. The minimum Gasteiger partial charge on any atom is -0.496 e. The zero-order valence-electron chi connectivity index (χ0n) is 12.1. The van der Waals surface area contributed by atoms with E-state index >= 15 is 0 Å². The van der Waals surface area contributed by atoms with Gasteiger partial charge in [0.25, 0.3) is 5.69 Å². The number of nitro groups is 1. The number of nitro benzene ring substituents is 1. The topological polar surface area (TPSA) is 105 Å². The zero-order valence-corrected chi connectivity index (χ0v) is 12.9. The largest absolute Gasteiger partial charge is 0.496 e. The van der Waals surface area contributed by atoms with Crippen LogP contribution in [0.2, 0.25) is 5.02 Å². The van der Waals surface area contributed by atoms with Crippen LogP contribution in [0.4, 0.5) is 11.4 Å². The van der Waals surface area contributed by atoms with Crippen LogP contribution < -0.4 is 10.5 Å². The molecule has 0 aliphatic carbocycles. The molecule has 2 rings (SSSR count). The fraction of sp³-hybridized carbons (Fsp3) is 0.133. The van der Waals surface area contributed by atoms with Gasteiger partial charge in [-0.1, -0.05) is 23.7 Å². The summed E-state index contributed by atoms with van der Waals surface area (Å²) in [6, 6.07) is 8.74. The molecule has 0 unspecified atom stereocenters. The Labute approximate surface area is 136 Å². The Morgan fingerprint density at radius 2 is 2.04 bits per heavy atom. The molecular formula is C15H13ClN2O5. The van der Waals surface area contributed by atoms with Crippen molar-refractivity contribution in [3.05, 3.63) is 62.7 Å². The smallest absolute Gasteiger partial charge is 0.342 e. The average molecular weight is 337 g/mol. The number of carbonyl (C=O) groups excluding carboxylic acids is 1. The molecule has 0 radical (unpaired) electrons. The number of nitrogens with zero attached hydrogens (tertiary/aromatic N) is 1. The molecule has 0 atom stereocenters. The van der Waals surface area contributed by atoms with E-state index in [1.807, 2.05) is 0 Å². The lowest BCUT2D eigenvalue weighted by Gasteiger charge is -2.11. The second-order valence-electron chi connectivity index (χ2n) is 4.54. The van der Waals surface area contributed by atoms with Gasteiger partial charge in [-0.3, -0.25) is 10.1 Å². The van der Waals surface area contributed by atoms with Crippen molar-refractivity contribution in [2.24, 2.45) is 0 Å². The summed E-state index contributed by atoms with van der Waals surface area (Å²) in [5.74, 6) is -0.513. The van der Waals surface area contributed by atoms with E-state index in [1.54, 1.807) is 6.07 Å². The van der Waals surface area contributed by atoms with Gasteiger partial charge in [0.1, 0.15) is 17.9 Å². The van der Waals surface area contributed by atoms with Crippen molar-refractivity contribution in [3.8, 4) is 5.75 Å². The van der Waals surface area contributed by atoms with Crippen molar-refractivity contribution < 1.29 is 19.2 Å². The summed E-state index contributed by atoms with van der Waals surface area (Å²) in [5.41, 5.74) is 6.16. The molecule has 7 nitrogen and oxygen atoms in total. The Hall–Kier alpha value is -2.80. The molecule has 23 heavy (non-hydrogen) atoms. The molecule has 0 saturated heterocycles. The first-order valence-electron chi connectivity index (χ1n) is 6.46. The molecule has 2 aromatic rings. The van der Waals surface area contributed by atoms with Gasteiger partial charge < -0.3 is 15.2 Å². The molecule has 8 heteroatoms. The summed E-state index contributed by atoms with van der Waals surface area (Å²) in [6.07, 6.45) is 0. The second kappa shape index (κ2) is 6.97. The van der Waals surface area contributed by atoms with Crippen LogP contribution in [0.15, 0.2) is 36.4 Å². The van der Waals surface area contributed by atoms with Crippen LogP contribution in [-0.4, -0.2) is 18.0 Å². The summed E-state index contributed by atoms with van der Waals surface area (Å²) in [5, 5.41) is 11.1. The van der Waals surface area contributed by atoms with Crippen LogP contribution >= 0.6 is 11.6 Å². The van der Waals surface area contributed by atoms with Crippen LogP contribution in [0.25, 0.3) is 0 Å². The molecule has 0 saturated carbocycles. The van der Waals surface area contributed by atoms with E-state index in [2.05, 4.69) is 0 Å². The molecule has 0 aliphatic heterocycles. The van der Waals surface area contributed by atoms with Crippen LogP contribution in [-0.2, 0) is 11.3 Å². The normalized spacial score (nSPS) is 10.2. The standard InChI is InChI=1S/C15H13ClN2O5/c1-22-14-7-12(17)11(16)6-10(14)15(19)23-8-9-4-2-3-5-13(9)18(20)21/h2-7H,8,17H2,1H3. The van der Waals surface area contributed by atoms with Crippen molar-refractivity contribution in [1.82, 2.24) is 0 Å². The summed E-state index contributed by atoms with van der Waals surface area (Å²) >= 11 is 5.89. The van der Waals surface area contributed by atoms with Gasteiger partial charge >= 0.3 is 5.97 Å². The number of carbonyl (C=O) groups is 1. The van der Waals surface area contributed by atoms with Gasteiger partial charge in [-0.2, -0.15) is 0 Å². The molecule has 0 amide bonds. The van der Waals surface area contributed by atoms with E-state index in [9.17, 15) is 14.9 Å². The lowest BCUT2D eigenvalue weighted by atomic mass is 10.1. The first-order valence-corrected chi connectivity index (χ1v) is 6.84. The van der Waals surface area contributed by atoms with Crippen molar-refractivity contribution in [2.75, 3.05) is 12.8 Å². The van der Waals surface area contributed by atoms with Crippen molar-refractivity contribution in [3.63, 3.8) is 0 Å². The van der Waals surface area contributed by atoms with E-state index in [4.69, 9.17) is 26.8 Å². The quantitative estimate of drug-likeness (QED) is 0.389. The lowest BCUT2D eigenvalue weighted by Crippen LogP contribution is -2.09. The number of methoxy groups -OCH3 is 1. The van der Waals surface area contributed by atoms with E-state index in [0.717, 1.165) is 0 Å². The van der Waals surface area contributed by atoms with E-state index in [1.165, 1.54) is 37.4 Å². The van der Waals surface area contributed by atoms with Crippen molar-refractivity contribution >= 4 is 28.9 Å². The van der Waals surface area contributed by atoms with Crippen LogP contribution in [0.1, 0.15) is 15.9 Å². The Morgan fingerprint density at radius 3 is 2.70 bits per heavy atom. The van der Waals surface area contributed by atoms with Gasteiger partial charge in [-0.15, -0.1) is 0 Å². The highest BCUT2D eigenvalue weighted by atomic mass is 35.5. The van der Waals surface area contributed by atoms with Gasteiger partial charge in [-0.05, 0) is 12.1 Å². The Bertz CT molecular complexity index is 764. The number of hydrogen-bond donors (Lipinski definition) is 1. The van der Waals surface area contributed by atoms with Crippen LogP contribution in [0.5, 0.6) is 5.75 Å². The third-order valence-electron chi connectivity index (χ3n) is 3.09. The number of nitrogen functional groups attached to an aromatic ring is 1. The summed E-state index contributed by atoms with van der Waals surface area (Å²) in [7, 11) is 1.38. The third-order valence-corrected chi connectivity index (χ3v) is 3.41. The molecule has 0 heterocycles. The van der Waals surface area contributed by atoms with E-state index in [0.29, 0.717) is 0 Å². The highest BCUT2D eigenvalue weighted by molar-refractivity contribution is 6.33. The highest BCUT2D eigenvalue weighted by Crippen LogP contribution is 2.29. The maximum atomic E-state index is 12.2. The van der Waals surface area contributed by atoms with Gasteiger partial charge in [0.15, 0.2) is 0 Å². The summed E-state index contributed by atoms with van der Waals surface area (Å²) in [4.78, 5) is 22.6. The monoisotopic (exact) mass is 336 g/mol. The Kier molecular flexibility index (Phi) is 5.02. The fourth-order valence-electron chi connectivity index (χ4n) is 1.93. The first kappa shape index (κ1) is 16.6. The fourth-order valence-corrected chi connectivity index (χ4v) is 2.09. The summed E-state index contributed by atoms with van der Waals surface area (Å²) in [6.45, 7) is -0.249. The van der Waals surface area contributed by atoms with E-state index in [-0.39, 0.29) is 39.9 Å². The maximum Gasteiger partial charge on any atom is 0.342 e. The number of anilines is 1. The number of hydrogen-bond acceptors (Lipinski definition) is 6. The predicted octanol–water partition coefficient (Wildman–Crippen LogP) is 3.20. The molecule has 0 aromatic heterocycles. The SMILES string of the molecule is COc1cc(N)c(Cl)cc1C(=O)OCc1ccccc1[N+](=O)[O-]. The van der Waals surface area contributed by atoms with Gasteiger partial charge in [-0.25, -0.2) is 4.79 Å². The Balaban J connectivity index is 2.21. The molecule has 0 fully saturated rings. The summed E-state index contributed by atoms with van der Waals surface area (Å²) < 4.78 is 10.2. The number of rotatable bonds is 5. The average Bonchev–Trinajstić information content (AvgIpc) is 2.54. The lowest BCUT2D eigenvalue weighted by molar-refractivity contribution is -0.385. The molecule has 120 valence electrons. The molecule has 2 aromatic carbocycles. The van der Waals surface area contributed by atoms with Gasteiger partial charge in [0.05, 0.1) is 28.3 Å². The number of halogens is 1. The number of ether oxygens (including phenoxy) is 2. The second-order valence-corrected chi connectivity index (χ2v) is 4.94.